The number of carbonyl (C=O) groups excluding carboxylic acids is 2. The van der Waals surface area contributed by atoms with Crippen molar-refractivity contribution in [2.24, 2.45) is 11.7 Å². The van der Waals surface area contributed by atoms with Crippen molar-refractivity contribution in [3.63, 3.8) is 0 Å². The Morgan fingerprint density at radius 3 is 2.47 bits per heavy atom. The van der Waals surface area contributed by atoms with Gasteiger partial charge in [0.15, 0.2) is 0 Å². The molecule has 4 N–H and O–H groups in total. The molecule has 0 saturated carbocycles. The number of carbonyl (C=O) groups is 2. The van der Waals surface area contributed by atoms with Gasteiger partial charge in [-0.25, -0.2) is 0 Å². The maximum Gasteiger partial charge on any atom is 0.416 e. The molecule has 1 atom stereocenters. The molecule has 1 fully saturated rings. The van der Waals surface area contributed by atoms with E-state index in [1.54, 1.807) is 17.2 Å². The highest BCUT2D eigenvalue weighted by Gasteiger charge is 2.32. The van der Waals surface area contributed by atoms with Crippen LogP contribution in [0.4, 0.5) is 18.9 Å². The number of aromatic nitrogens is 2. The highest BCUT2D eigenvalue weighted by molar-refractivity contribution is 5.95. The summed E-state index contributed by atoms with van der Waals surface area (Å²) in [6.07, 6.45) is -1.81. The Morgan fingerprint density at radius 2 is 1.81 bits per heavy atom. The molecule has 1 aromatic heterocycles. The van der Waals surface area contributed by atoms with Crippen LogP contribution in [0.1, 0.15) is 30.0 Å². The summed E-state index contributed by atoms with van der Waals surface area (Å²) in [6.45, 7) is 0.706. The second-order valence-electron chi connectivity index (χ2n) is 7.86. The third-order valence-corrected chi connectivity index (χ3v) is 5.75. The summed E-state index contributed by atoms with van der Waals surface area (Å²) in [5, 5.41) is 10.6. The predicted octanol–water partition coefficient (Wildman–Crippen LogP) is 3.46. The quantitative estimate of drug-likeness (QED) is 0.572. The number of hydrogen-bond acceptors (Lipinski definition) is 4. The summed E-state index contributed by atoms with van der Waals surface area (Å²) in [7, 11) is 0. The van der Waals surface area contributed by atoms with E-state index in [-0.39, 0.29) is 17.7 Å². The number of anilines is 1. The van der Waals surface area contributed by atoms with Crippen LogP contribution < -0.4 is 11.1 Å². The van der Waals surface area contributed by atoms with Crippen LogP contribution in [0.2, 0.25) is 0 Å². The van der Waals surface area contributed by atoms with Gasteiger partial charge in [0.25, 0.3) is 0 Å². The molecule has 1 aliphatic heterocycles. The van der Waals surface area contributed by atoms with Crippen molar-refractivity contribution in [1.82, 2.24) is 15.1 Å². The van der Waals surface area contributed by atoms with Gasteiger partial charge in [0, 0.05) is 30.1 Å². The molecule has 2 amide bonds. The van der Waals surface area contributed by atoms with Crippen molar-refractivity contribution in [2.45, 2.75) is 25.1 Å². The third-order valence-electron chi connectivity index (χ3n) is 5.75. The minimum Gasteiger partial charge on any atom is -0.341 e. The van der Waals surface area contributed by atoms with E-state index in [1.807, 2.05) is 12.1 Å². The Bertz CT molecular complexity index is 1120. The first-order chi connectivity index (χ1) is 15.2. The van der Waals surface area contributed by atoms with Crippen molar-refractivity contribution >= 4 is 28.4 Å². The molecular weight excluding hydrogens is 423 g/mol. The summed E-state index contributed by atoms with van der Waals surface area (Å²) >= 11 is 0. The molecule has 1 saturated heterocycles. The zero-order valence-corrected chi connectivity index (χ0v) is 17.0. The number of nitrogens with one attached hydrogen (secondary N) is 2. The van der Waals surface area contributed by atoms with Gasteiger partial charge in [-0.1, -0.05) is 12.1 Å². The van der Waals surface area contributed by atoms with E-state index in [9.17, 15) is 22.8 Å². The molecule has 0 aliphatic carbocycles. The maximum absolute atomic E-state index is 12.7. The SMILES string of the molecule is NC(C(=O)N1CCC(C(=O)Nc2ccc3[nH]ncc3c2)CC1)c1ccc(C(F)(F)F)cc1. The first-order valence-corrected chi connectivity index (χ1v) is 10.2. The normalized spacial score (nSPS) is 16.2. The number of benzene rings is 2. The lowest BCUT2D eigenvalue weighted by atomic mass is 9.94. The summed E-state index contributed by atoms with van der Waals surface area (Å²) in [6, 6.07) is 8.69. The van der Waals surface area contributed by atoms with E-state index in [1.165, 1.54) is 12.1 Å². The number of hydrogen-bond donors (Lipinski definition) is 3. The van der Waals surface area contributed by atoms with Crippen LogP contribution in [0.5, 0.6) is 0 Å². The zero-order chi connectivity index (χ0) is 22.9. The smallest absolute Gasteiger partial charge is 0.341 e. The van der Waals surface area contributed by atoms with E-state index < -0.39 is 17.8 Å². The van der Waals surface area contributed by atoms with Gasteiger partial charge in [0.05, 0.1) is 17.3 Å². The number of nitrogens with two attached hydrogens (primary N) is 1. The van der Waals surface area contributed by atoms with Crippen LogP contribution in [0.25, 0.3) is 10.9 Å². The van der Waals surface area contributed by atoms with Gasteiger partial charge in [0.1, 0.15) is 6.04 Å². The molecule has 0 spiro atoms. The van der Waals surface area contributed by atoms with E-state index in [2.05, 4.69) is 15.5 Å². The second kappa shape index (κ2) is 8.62. The minimum absolute atomic E-state index is 0.119. The monoisotopic (exact) mass is 445 g/mol. The van der Waals surface area contributed by atoms with Crippen molar-refractivity contribution in [2.75, 3.05) is 18.4 Å². The molecule has 168 valence electrons. The standard InChI is InChI=1S/C22H22F3N5O2/c23-22(24,25)16-3-1-13(2-4-16)19(26)21(32)30-9-7-14(8-10-30)20(31)28-17-5-6-18-15(11-17)12-27-29-18/h1-6,11-12,14,19H,7-10,26H2,(H,27,29)(H,28,31). The number of H-pyrrole nitrogens is 1. The zero-order valence-electron chi connectivity index (χ0n) is 17.0. The summed E-state index contributed by atoms with van der Waals surface area (Å²) in [5.74, 6) is -0.734. The number of aromatic amines is 1. The molecule has 32 heavy (non-hydrogen) atoms. The van der Waals surface area contributed by atoms with Gasteiger partial charge in [-0.15, -0.1) is 0 Å². The number of fused-ring (bicyclic) bond motifs is 1. The van der Waals surface area contributed by atoms with Crippen molar-refractivity contribution < 1.29 is 22.8 Å². The largest absolute Gasteiger partial charge is 0.416 e. The van der Waals surface area contributed by atoms with Gasteiger partial charge in [-0.2, -0.15) is 18.3 Å². The average Bonchev–Trinajstić information content (AvgIpc) is 3.25. The molecule has 1 aliphatic rings. The highest BCUT2D eigenvalue weighted by atomic mass is 19.4. The fourth-order valence-corrected chi connectivity index (χ4v) is 3.85. The van der Waals surface area contributed by atoms with Crippen LogP contribution in [0.15, 0.2) is 48.7 Å². The first kappa shape index (κ1) is 21.8. The fourth-order valence-electron chi connectivity index (χ4n) is 3.85. The highest BCUT2D eigenvalue weighted by Crippen LogP contribution is 2.30. The number of rotatable bonds is 4. The number of nitrogens with zero attached hydrogens (tertiary/aromatic N) is 2. The van der Waals surface area contributed by atoms with E-state index in [0.717, 1.165) is 23.0 Å². The molecule has 4 rings (SSSR count). The van der Waals surface area contributed by atoms with Crippen molar-refractivity contribution in [3.8, 4) is 0 Å². The van der Waals surface area contributed by atoms with Crippen LogP contribution in [-0.2, 0) is 15.8 Å². The van der Waals surface area contributed by atoms with E-state index in [0.29, 0.717) is 37.2 Å². The fraction of sp³-hybridized carbons (Fsp3) is 0.318. The molecule has 0 radical (unpaired) electrons. The molecule has 1 unspecified atom stereocenters. The number of likely N-dealkylation sites (tertiary alicyclic amines) is 1. The molecule has 2 aromatic carbocycles. The second-order valence-corrected chi connectivity index (χ2v) is 7.86. The number of amides is 2. The molecule has 7 nitrogen and oxygen atoms in total. The van der Waals surface area contributed by atoms with Gasteiger partial charge in [-0.05, 0) is 48.7 Å². The molecule has 3 aromatic rings. The predicted molar refractivity (Wildman–Crippen MR) is 112 cm³/mol. The third kappa shape index (κ3) is 4.59. The lowest BCUT2D eigenvalue weighted by molar-refractivity contribution is -0.137. The van der Waals surface area contributed by atoms with Crippen molar-refractivity contribution in [3.05, 3.63) is 59.8 Å². The Morgan fingerprint density at radius 1 is 1.12 bits per heavy atom. The van der Waals surface area contributed by atoms with Crippen LogP contribution in [0.3, 0.4) is 0 Å². The van der Waals surface area contributed by atoms with Gasteiger partial charge >= 0.3 is 6.18 Å². The number of piperidine rings is 1. The van der Waals surface area contributed by atoms with Gasteiger partial charge < -0.3 is 16.0 Å². The number of alkyl halides is 3. The Kier molecular flexibility index (Phi) is 5.88. The van der Waals surface area contributed by atoms with Crippen LogP contribution in [-0.4, -0.2) is 40.0 Å². The van der Waals surface area contributed by atoms with Crippen LogP contribution in [0, 0.1) is 5.92 Å². The van der Waals surface area contributed by atoms with Gasteiger partial charge in [-0.3, -0.25) is 14.7 Å². The first-order valence-electron chi connectivity index (χ1n) is 10.2. The van der Waals surface area contributed by atoms with E-state index in [4.69, 9.17) is 5.73 Å². The van der Waals surface area contributed by atoms with Crippen LogP contribution >= 0.6 is 0 Å². The lowest BCUT2D eigenvalue weighted by Crippen LogP contribution is -2.45. The topological polar surface area (TPSA) is 104 Å². The Hall–Kier alpha value is -3.40. The molecule has 10 heteroatoms. The Balaban J connectivity index is 1.32. The summed E-state index contributed by atoms with van der Waals surface area (Å²) in [4.78, 5) is 26.9. The minimum atomic E-state index is -4.45. The summed E-state index contributed by atoms with van der Waals surface area (Å²) < 4.78 is 38.2. The lowest BCUT2D eigenvalue weighted by Gasteiger charge is -2.33. The van der Waals surface area contributed by atoms with E-state index >= 15 is 0 Å². The number of halogens is 3. The Labute approximate surface area is 181 Å². The summed E-state index contributed by atoms with van der Waals surface area (Å²) in [5.41, 5.74) is 7.07. The molecule has 0 bridgehead atoms. The average molecular weight is 445 g/mol. The molecular formula is C22H22F3N5O2. The van der Waals surface area contributed by atoms with Gasteiger partial charge in [0.2, 0.25) is 11.8 Å². The molecule has 2 heterocycles. The maximum atomic E-state index is 12.7. The van der Waals surface area contributed by atoms with Crippen molar-refractivity contribution in [1.29, 1.82) is 0 Å².